The van der Waals surface area contributed by atoms with Crippen LogP contribution in [0.3, 0.4) is 0 Å². The molecule has 0 aliphatic heterocycles. The minimum Gasteiger partial charge on any atom is -0.274 e. The van der Waals surface area contributed by atoms with Gasteiger partial charge in [0.15, 0.2) is 0 Å². The highest BCUT2D eigenvalue weighted by molar-refractivity contribution is 7.71. The summed E-state index contributed by atoms with van der Waals surface area (Å²) in [4.78, 5) is 10.9. The Kier molecular flexibility index (Phi) is 4.70. The molecule has 0 saturated heterocycles. The van der Waals surface area contributed by atoms with Crippen LogP contribution in [-0.4, -0.2) is 14.3 Å². The Hall–Kier alpha value is -1.49. The summed E-state index contributed by atoms with van der Waals surface area (Å²) in [6.07, 6.45) is 1.65. The zero-order chi connectivity index (χ0) is 11.1. The summed E-state index contributed by atoms with van der Waals surface area (Å²) in [6.45, 7) is 0. The van der Waals surface area contributed by atoms with Crippen molar-refractivity contribution in [1.29, 1.82) is 0 Å². The second-order valence-electron chi connectivity index (χ2n) is 3.10. The summed E-state index contributed by atoms with van der Waals surface area (Å²) in [5.74, 6) is -0.459. The molecule has 0 spiro atoms. The Labute approximate surface area is 90.4 Å². The molecule has 81 valence electrons. The SMILES string of the molecule is O=C(CCCc1ccccc1)N[S](=O)=O. The number of carbonyl (C=O) groups excluding carboxylic acids is 1. The fraction of sp³-hybridized carbons (Fsp3) is 0.300. The lowest BCUT2D eigenvalue weighted by atomic mass is 10.1. The highest BCUT2D eigenvalue weighted by Crippen LogP contribution is 2.04. The zero-order valence-electron chi connectivity index (χ0n) is 8.14. The van der Waals surface area contributed by atoms with E-state index in [1.165, 1.54) is 0 Å². The summed E-state index contributed by atoms with van der Waals surface area (Å²) in [7, 11) is -2.49. The fourth-order valence-electron chi connectivity index (χ4n) is 1.24. The Morgan fingerprint density at radius 1 is 1.20 bits per heavy atom. The maximum Gasteiger partial charge on any atom is 0.295 e. The van der Waals surface area contributed by atoms with Crippen LogP contribution >= 0.6 is 0 Å². The van der Waals surface area contributed by atoms with E-state index in [0.29, 0.717) is 6.42 Å². The molecule has 0 heterocycles. The number of aryl methyl sites for hydroxylation is 1. The van der Waals surface area contributed by atoms with Gasteiger partial charge in [-0.2, -0.15) is 8.42 Å². The van der Waals surface area contributed by atoms with E-state index >= 15 is 0 Å². The third-order valence-electron chi connectivity index (χ3n) is 1.91. The monoisotopic (exact) mass is 226 g/mol. The summed E-state index contributed by atoms with van der Waals surface area (Å²) in [5.41, 5.74) is 1.15. The van der Waals surface area contributed by atoms with E-state index in [1.54, 1.807) is 4.72 Å². The number of hydrogen-bond donors (Lipinski definition) is 1. The summed E-state index contributed by atoms with van der Waals surface area (Å²) >= 11 is 0. The largest absolute Gasteiger partial charge is 0.295 e. The molecular formula is C10H12NO3S. The van der Waals surface area contributed by atoms with Crippen LogP contribution in [0.1, 0.15) is 18.4 Å². The lowest BCUT2D eigenvalue weighted by Crippen LogP contribution is -2.20. The highest BCUT2D eigenvalue weighted by Gasteiger charge is 2.02. The second kappa shape index (κ2) is 6.08. The molecule has 1 N–H and O–H groups in total. The quantitative estimate of drug-likeness (QED) is 0.812. The molecule has 0 unspecified atom stereocenters. The van der Waals surface area contributed by atoms with Gasteiger partial charge in [-0.05, 0) is 18.4 Å². The molecule has 0 saturated carbocycles. The predicted molar refractivity (Wildman–Crippen MR) is 56.4 cm³/mol. The average molecular weight is 226 g/mol. The van der Waals surface area contributed by atoms with Gasteiger partial charge >= 0.3 is 0 Å². The first-order valence-electron chi connectivity index (χ1n) is 4.61. The van der Waals surface area contributed by atoms with Crippen molar-refractivity contribution in [2.45, 2.75) is 19.3 Å². The van der Waals surface area contributed by atoms with E-state index in [4.69, 9.17) is 0 Å². The van der Waals surface area contributed by atoms with Gasteiger partial charge in [-0.15, -0.1) is 0 Å². The smallest absolute Gasteiger partial charge is 0.274 e. The lowest BCUT2D eigenvalue weighted by molar-refractivity contribution is -0.119. The Balaban J connectivity index is 2.25. The number of benzene rings is 1. The third kappa shape index (κ3) is 5.07. The van der Waals surface area contributed by atoms with Crippen molar-refractivity contribution in [2.75, 3.05) is 0 Å². The van der Waals surface area contributed by atoms with Crippen LogP contribution < -0.4 is 4.72 Å². The summed E-state index contributed by atoms with van der Waals surface area (Å²) in [6, 6.07) is 9.74. The van der Waals surface area contributed by atoms with E-state index < -0.39 is 16.8 Å². The molecular weight excluding hydrogens is 214 g/mol. The van der Waals surface area contributed by atoms with Gasteiger partial charge in [-0.1, -0.05) is 30.3 Å². The minimum absolute atomic E-state index is 0.225. The summed E-state index contributed by atoms with van der Waals surface area (Å²) < 4.78 is 22.0. The van der Waals surface area contributed by atoms with Gasteiger partial charge in [-0.3, -0.25) is 4.79 Å². The van der Waals surface area contributed by atoms with E-state index in [-0.39, 0.29) is 6.42 Å². The minimum atomic E-state index is -2.49. The second-order valence-corrected chi connectivity index (χ2v) is 3.77. The zero-order valence-corrected chi connectivity index (χ0v) is 8.96. The van der Waals surface area contributed by atoms with E-state index in [2.05, 4.69) is 0 Å². The highest BCUT2D eigenvalue weighted by atomic mass is 32.2. The Morgan fingerprint density at radius 3 is 2.47 bits per heavy atom. The average Bonchev–Trinajstić information content (AvgIpc) is 2.18. The third-order valence-corrected chi connectivity index (χ3v) is 2.30. The molecule has 0 aliphatic carbocycles. The van der Waals surface area contributed by atoms with Crippen molar-refractivity contribution in [2.24, 2.45) is 0 Å². The van der Waals surface area contributed by atoms with Crippen molar-refractivity contribution in [3.63, 3.8) is 0 Å². The molecule has 0 bridgehead atoms. The number of nitrogens with one attached hydrogen (secondary N) is 1. The molecule has 1 rings (SSSR count). The van der Waals surface area contributed by atoms with Gasteiger partial charge in [0, 0.05) is 6.42 Å². The number of amides is 1. The molecule has 1 radical (unpaired) electrons. The van der Waals surface area contributed by atoms with Crippen LogP contribution in [0.5, 0.6) is 0 Å². The van der Waals surface area contributed by atoms with Crippen molar-refractivity contribution < 1.29 is 13.2 Å². The fourth-order valence-corrected chi connectivity index (χ4v) is 1.53. The maximum absolute atomic E-state index is 10.9. The maximum atomic E-state index is 10.9. The van der Waals surface area contributed by atoms with Crippen LogP contribution in [0.25, 0.3) is 0 Å². The topological polar surface area (TPSA) is 63.2 Å². The number of hydrogen-bond acceptors (Lipinski definition) is 3. The van der Waals surface area contributed by atoms with Gasteiger partial charge < -0.3 is 0 Å². The molecule has 1 aromatic rings. The molecule has 5 heteroatoms. The van der Waals surface area contributed by atoms with Crippen molar-refractivity contribution in [1.82, 2.24) is 4.72 Å². The predicted octanol–water partition coefficient (Wildman–Crippen LogP) is 0.920. The van der Waals surface area contributed by atoms with Crippen LogP contribution in [0.15, 0.2) is 30.3 Å². The molecule has 1 amide bonds. The molecule has 15 heavy (non-hydrogen) atoms. The molecule has 4 nitrogen and oxygen atoms in total. The normalized spacial score (nSPS) is 9.60. The van der Waals surface area contributed by atoms with Crippen LogP contribution in [0.2, 0.25) is 0 Å². The lowest BCUT2D eigenvalue weighted by Gasteiger charge is -1.99. The summed E-state index contributed by atoms with van der Waals surface area (Å²) in [5, 5.41) is 0. The Morgan fingerprint density at radius 2 is 1.87 bits per heavy atom. The van der Waals surface area contributed by atoms with Crippen molar-refractivity contribution in [3.05, 3.63) is 35.9 Å². The Bertz CT molecular complexity index is 379. The van der Waals surface area contributed by atoms with Crippen molar-refractivity contribution in [3.8, 4) is 0 Å². The van der Waals surface area contributed by atoms with E-state index in [0.717, 1.165) is 12.0 Å². The van der Waals surface area contributed by atoms with Gasteiger partial charge in [0.1, 0.15) is 0 Å². The molecule has 0 atom stereocenters. The van der Waals surface area contributed by atoms with Crippen molar-refractivity contribution >= 4 is 16.8 Å². The van der Waals surface area contributed by atoms with E-state index in [1.807, 2.05) is 30.3 Å². The van der Waals surface area contributed by atoms with E-state index in [9.17, 15) is 13.2 Å². The van der Waals surface area contributed by atoms with Gasteiger partial charge in [0.2, 0.25) is 5.91 Å². The molecule has 0 aromatic heterocycles. The first kappa shape index (κ1) is 11.6. The molecule has 0 aliphatic rings. The van der Waals surface area contributed by atoms with Crippen LogP contribution in [0.4, 0.5) is 0 Å². The first-order chi connectivity index (χ1) is 7.18. The van der Waals surface area contributed by atoms with Gasteiger partial charge in [0.25, 0.3) is 10.9 Å². The molecule has 0 fully saturated rings. The molecule has 1 aromatic carbocycles. The first-order valence-corrected chi connectivity index (χ1v) is 5.68. The number of carbonyl (C=O) groups is 1. The van der Waals surface area contributed by atoms with Gasteiger partial charge in [0.05, 0.1) is 0 Å². The number of rotatable bonds is 5. The van der Waals surface area contributed by atoms with Gasteiger partial charge in [-0.25, -0.2) is 4.72 Å². The van der Waals surface area contributed by atoms with Crippen LogP contribution in [0, 0.1) is 0 Å². The standard InChI is InChI=1S/C10H12NO3S/c12-10(11-15(13)14)8-4-7-9-5-2-1-3-6-9/h1-3,5-6H,4,7-8H2,(H,11,12,13,14). The van der Waals surface area contributed by atoms with Crippen LogP contribution in [-0.2, 0) is 22.1 Å².